The topological polar surface area (TPSA) is 58.3 Å². The molecule has 1 saturated heterocycles. The van der Waals surface area contributed by atoms with Crippen LogP contribution in [0.2, 0.25) is 0 Å². The highest BCUT2D eigenvalue weighted by atomic mass is 16.3. The molecular formula is C5H12N2O. The SMILES string of the molecule is N[C@]1(CO)CCNC1. The zero-order valence-corrected chi connectivity index (χ0v) is 4.85. The standard InChI is InChI=1S/C5H12N2O/c6-5(4-8)1-2-7-3-5/h7-8H,1-4,6H2/t5-/m1/s1. The number of rotatable bonds is 1. The van der Waals surface area contributed by atoms with Crippen LogP contribution in [0.15, 0.2) is 0 Å². The average Bonchev–Trinajstić information content (AvgIpc) is 2.17. The van der Waals surface area contributed by atoms with E-state index in [1.165, 1.54) is 0 Å². The second-order valence-corrected chi connectivity index (χ2v) is 2.45. The Hall–Kier alpha value is -0.120. The Morgan fingerprint density at radius 2 is 2.50 bits per heavy atom. The summed E-state index contributed by atoms with van der Waals surface area (Å²) in [6.07, 6.45) is 0.892. The fourth-order valence-corrected chi connectivity index (χ4v) is 0.898. The van der Waals surface area contributed by atoms with Gasteiger partial charge < -0.3 is 16.2 Å². The fourth-order valence-electron chi connectivity index (χ4n) is 0.898. The van der Waals surface area contributed by atoms with Crippen molar-refractivity contribution in [1.29, 1.82) is 0 Å². The van der Waals surface area contributed by atoms with Gasteiger partial charge in [0.15, 0.2) is 0 Å². The zero-order valence-electron chi connectivity index (χ0n) is 4.85. The van der Waals surface area contributed by atoms with E-state index >= 15 is 0 Å². The Bertz CT molecular complexity index is 78.5. The molecule has 8 heavy (non-hydrogen) atoms. The van der Waals surface area contributed by atoms with Crippen molar-refractivity contribution in [3.8, 4) is 0 Å². The minimum Gasteiger partial charge on any atom is -0.394 e. The first kappa shape index (κ1) is 6.01. The molecule has 0 spiro atoms. The molecule has 48 valence electrons. The molecule has 1 rings (SSSR count). The molecule has 1 aliphatic heterocycles. The molecule has 0 aliphatic carbocycles. The molecule has 0 saturated carbocycles. The Morgan fingerprint density at radius 1 is 1.75 bits per heavy atom. The molecule has 0 radical (unpaired) electrons. The maximum atomic E-state index is 8.66. The van der Waals surface area contributed by atoms with Crippen LogP contribution in [0.3, 0.4) is 0 Å². The molecule has 0 bridgehead atoms. The number of nitrogens with two attached hydrogens (primary N) is 1. The van der Waals surface area contributed by atoms with Crippen LogP contribution in [0.5, 0.6) is 0 Å². The summed E-state index contributed by atoms with van der Waals surface area (Å²) in [4.78, 5) is 0. The average molecular weight is 116 g/mol. The third kappa shape index (κ3) is 0.992. The van der Waals surface area contributed by atoms with Crippen molar-refractivity contribution in [3.63, 3.8) is 0 Å². The Morgan fingerprint density at radius 3 is 2.75 bits per heavy atom. The second-order valence-electron chi connectivity index (χ2n) is 2.45. The lowest BCUT2D eigenvalue weighted by molar-refractivity contribution is 0.209. The molecule has 1 atom stereocenters. The number of aliphatic hydroxyl groups excluding tert-OH is 1. The lowest BCUT2D eigenvalue weighted by Gasteiger charge is -2.17. The van der Waals surface area contributed by atoms with E-state index in [4.69, 9.17) is 10.8 Å². The summed E-state index contributed by atoms with van der Waals surface area (Å²) in [5.74, 6) is 0. The third-order valence-corrected chi connectivity index (χ3v) is 1.59. The summed E-state index contributed by atoms with van der Waals surface area (Å²) in [6.45, 7) is 1.79. The Kier molecular flexibility index (Phi) is 1.51. The van der Waals surface area contributed by atoms with E-state index in [1.807, 2.05) is 0 Å². The van der Waals surface area contributed by atoms with Gasteiger partial charge in [-0.15, -0.1) is 0 Å². The van der Waals surface area contributed by atoms with E-state index in [0.29, 0.717) is 0 Å². The van der Waals surface area contributed by atoms with Gasteiger partial charge >= 0.3 is 0 Å². The van der Waals surface area contributed by atoms with Crippen LogP contribution >= 0.6 is 0 Å². The minimum absolute atomic E-state index is 0.0972. The minimum atomic E-state index is -0.319. The van der Waals surface area contributed by atoms with Gasteiger partial charge in [-0.05, 0) is 13.0 Å². The molecule has 3 nitrogen and oxygen atoms in total. The van der Waals surface area contributed by atoms with Gasteiger partial charge in [0.25, 0.3) is 0 Å². The van der Waals surface area contributed by atoms with Gasteiger partial charge in [0.2, 0.25) is 0 Å². The quantitative estimate of drug-likeness (QED) is 0.398. The smallest absolute Gasteiger partial charge is 0.0624 e. The van der Waals surface area contributed by atoms with E-state index in [0.717, 1.165) is 19.5 Å². The number of nitrogens with one attached hydrogen (secondary N) is 1. The monoisotopic (exact) mass is 116 g/mol. The van der Waals surface area contributed by atoms with Crippen molar-refractivity contribution >= 4 is 0 Å². The van der Waals surface area contributed by atoms with Gasteiger partial charge in [-0.1, -0.05) is 0 Å². The van der Waals surface area contributed by atoms with Crippen LogP contribution in [-0.4, -0.2) is 30.3 Å². The lowest BCUT2D eigenvalue weighted by atomic mass is 10.0. The van der Waals surface area contributed by atoms with Gasteiger partial charge in [0.1, 0.15) is 0 Å². The largest absolute Gasteiger partial charge is 0.394 e. The first-order valence-corrected chi connectivity index (χ1v) is 2.87. The first-order chi connectivity index (χ1) is 3.77. The predicted octanol–water partition coefficient (Wildman–Crippen LogP) is -1.33. The van der Waals surface area contributed by atoms with Crippen molar-refractivity contribution in [2.24, 2.45) is 5.73 Å². The van der Waals surface area contributed by atoms with Crippen molar-refractivity contribution in [1.82, 2.24) is 5.32 Å². The lowest BCUT2D eigenvalue weighted by Crippen LogP contribution is -2.45. The molecule has 1 fully saturated rings. The number of aliphatic hydroxyl groups is 1. The van der Waals surface area contributed by atoms with Crippen LogP contribution in [0.4, 0.5) is 0 Å². The maximum absolute atomic E-state index is 8.66. The number of hydrogen-bond acceptors (Lipinski definition) is 3. The Balaban J connectivity index is 2.40. The summed E-state index contributed by atoms with van der Waals surface area (Å²) in [7, 11) is 0. The van der Waals surface area contributed by atoms with E-state index < -0.39 is 0 Å². The van der Waals surface area contributed by atoms with Gasteiger partial charge in [-0.25, -0.2) is 0 Å². The summed E-state index contributed by atoms with van der Waals surface area (Å²) >= 11 is 0. The van der Waals surface area contributed by atoms with Crippen LogP contribution in [-0.2, 0) is 0 Å². The zero-order chi connectivity index (χ0) is 6.04. The van der Waals surface area contributed by atoms with Crippen LogP contribution < -0.4 is 11.1 Å². The van der Waals surface area contributed by atoms with Crippen LogP contribution in [0, 0.1) is 0 Å². The molecule has 0 aromatic rings. The van der Waals surface area contributed by atoms with E-state index in [9.17, 15) is 0 Å². The first-order valence-electron chi connectivity index (χ1n) is 2.87. The summed E-state index contributed by atoms with van der Waals surface area (Å²) in [5.41, 5.74) is 5.33. The summed E-state index contributed by atoms with van der Waals surface area (Å²) in [5, 5.41) is 11.7. The fraction of sp³-hybridized carbons (Fsp3) is 1.00. The van der Waals surface area contributed by atoms with Gasteiger partial charge in [-0.3, -0.25) is 0 Å². The molecule has 1 aliphatic rings. The number of hydrogen-bond donors (Lipinski definition) is 3. The highest BCUT2D eigenvalue weighted by Gasteiger charge is 2.27. The van der Waals surface area contributed by atoms with Crippen molar-refractivity contribution < 1.29 is 5.11 Å². The predicted molar refractivity (Wildman–Crippen MR) is 31.5 cm³/mol. The molecule has 3 heteroatoms. The normalized spacial score (nSPS) is 38.2. The third-order valence-electron chi connectivity index (χ3n) is 1.59. The highest BCUT2D eigenvalue weighted by molar-refractivity contribution is 4.91. The summed E-state index contributed by atoms with van der Waals surface area (Å²) in [6, 6.07) is 0. The molecule has 0 unspecified atom stereocenters. The van der Waals surface area contributed by atoms with Crippen LogP contribution in [0.1, 0.15) is 6.42 Å². The van der Waals surface area contributed by atoms with Gasteiger partial charge in [0.05, 0.1) is 12.1 Å². The van der Waals surface area contributed by atoms with Crippen LogP contribution in [0.25, 0.3) is 0 Å². The van der Waals surface area contributed by atoms with E-state index in [-0.39, 0.29) is 12.1 Å². The van der Waals surface area contributed by atoms with Crippen molar-refractivity contribution in [2.75, 3.05) is 19.7 Å². The van der Waals surface area contributed by atoms with Gasteiger partial charge in [-0.2, -0.15) is 0 Å². The molecule has 0 amide bonds. The van der Waals surface area contributed by atoms with E-state index in [2.05, 4.69) is 5.32 Å². The van der Waals surface area contributed by atoms with Crippen molar-refractivity contribution in [3.05, 3.63) is 0 Å². The van der Waals surface area contributed by atoms with E-state index in [1.54, 1.807) is 0 Å². The van der Waals surface area contributed by atoms with Gasteiger partial charge in [0, 0.05) is 6.54 Å². The van der Waals surface area contributed by atoms with Crippen molar-refractivity contribution in [2.45, 2.75) is 12.0 Å². The second kappa shape index (κ2) is 2.01. The summed E-state index contributed by atoms with van der Waals surface area (Å²) < 4.78 is 0. The molecule has 0 aromatic heterocycles. The molecular weight excluding hydrogens is 104 g/mol. The maximum Gasteiger partial charge on any atom is 0.0624 e. The molecule has 4 N–H and O–H groups in total. The molecule has 0 aromatic carbocycles. The Labute approximate surface area is 48.9 Å². The molecule has 1 heterocycles. The highest BCUT2D eigenvalue weighted by Crippen LogP contribution is 2.08.